The van der Waals surface area contributed by atoms with Crippen LogP contribution in [0.25, 0.3) is 0 Å². The maximum atomic E-state index is 11.4. The fourth-order valence-electron chi connectivity index (χ4n) is 0.877. The Morgan fingerprint density at radius 2 is 1.92 bits per heavy atom. The van der Waals surface area contributed by atoms with Gasteiger partial charge in [-0.1, -0.05) is 36.9 Å². The van der Waals surface area contributed by atoms with Crippen molar-refractivity contribution in [1.82, 2.24) is 5.32 Å². The Labute approximate surface area is 71.9 Å². The summed E-state index contributed by atoms with van der Waals surface area (Å²) >= 11 is 0. The summed E-state index contributed by atoms with van der Waals surface area (Å²) in [5, 5.41) is 2.72. The molecule has 0 unspecified atom stereocenters. The molecule has 0 atom stereocenters. The Morgan fingerprint density at radius 3 is 2.42 bits per heavy atom. The SMILES string of the molecule is C=C(NC)C(=O)c1ccccc1. The first-order valence-corrected chi connectivity index (χ1v) is 3.72. The minimum atomic E-state index is -0.0573. The van der Waals surface area contributed by atoms with Gasteiger partial charge in [0.25, 0.3) is 0 Å². The van der Waals surface area contributed by atoms with Crippen molar-refractivity contribution in [2.75, 3.05) is 7.05 Å². The average molecular weight is 161 g/mol. The van der Waals surface area contributed by atoms with Gasteiger partial charge in [0.2, 0.25) is 5.78 Å². The van der Waals surface area contributed by atoms with Crippen molar-refractivity contribution >= 4 is 5.78 Å². The van der Waals surface area contributed by atoms with Crippen molar-refractivity contribution in [3.63, 3.8) is 0 Å². The topological polar surface area (TPSA) is 29.1 Å². The first-order valence-electron chi connectivity index (χ1n) is 3.72. The Hall–Kier alpha value is -1.57. The molecule has 62 valence electrons. The van der Waals surface area contributed by atoms with Gasteiger partial charge < -0.3 is 5.32 Å². The van der Waals surface area contributed by atoms with Crippen LogP contribution in [0.15, 0.2) is 42.6 Å². The quantitative estimate of drug-likeness (QED) is 0.539. The first-order chi connectivity index (χ1) is 5.75. The molecular weight excluding hydrogens is 150 g/mol. The largest absolute Gasteiger partial charge is 0.385 e. The predicted molar refractivity (Wildman–Crippen MR) is 49.0 cm³/mol. The van der Waals surface area contributed by atoms with E-state index in [1.54, 1.807) is 19.2 Å². The van der Waals surface area contributed by atoms with Crippen molar-refractivity contribution in [1.29, 1.82) is 0 Å². The van der Waals surface area contributed by atoms with Gasteiger partial charge in [-0.3, -0.25) is 4.79 Å². The summed E-state index contributed by atoms with van der Waals surface area (Å²) in [6, 6.07) is 9.07. The van der Waals surface area contributed by atoms with Gasteiger partial charge in [0.1, 0.15) is 0 Å². The lowest BCUT2D eigenvalue weighted by molar-refractivity contribution is 0.102. The summed E-state index contributed by atoms with van der Waals surface area (Å²) in [7, 11) is 1.68. The molecule has 0 spiro atoms. The summed E-state index contributed by atoms with van der Waals surface area (Å²) in [4.78, 5) is 11.4. The van der Waals surface area contributed by atoms with E-state index in [4.69, 9.17) is 0 Å². The molecule has 0 radical (unpaired) electrons. The lowest BCUT2D eigenvalue weighted by atomic mass is 10.1. The number of likely N-dealkylation sites (N-methyl/N-ethyl adjacent to an activating group) is 1. The van der Waals surface area contributed by atoms with Gasteiger partial charge in [-0.15, -0.1) is 0 Å². The maximum Gasteiger partial charge on any atom is 0.208 e. The van der Waals surface area contributed by atoms with E-state index in [0.717, 1.165) is 0 Å². The normalized spacial score (nSPS) is 9.08. The average Bonchev–Trinajstić information content (AvgIpc) is 2.17. The molecule has 0 aliphatic heterocycles. The lowest BCUT2D eigenvalue weighted by Crippen LogP contribution is -2.14. The predicted octanol–water partition coefficient (Wildman–Crippen LogP) is 1.60. The fraction of sp³-hybridized carbons (Fsp3) is 0.100. The Balaban J connectivity index is 2.86. The van der Waals surface area contributed by atoms with Crippen LogP contribution in [-0.4, -0.2) is 12.8 Å². The van der Waals surface area contributed by atoms with Crippen LogP contribution < -0.4 is 5.32 Å². The monoisotopic (exact) mass is 161 g/mol. The molecule has 0 saturated carbocycles. The highest BCUT2D eigenvalue weighted by atomic mass is 16.1. The summed E-state index contributed by atoms with van der Waals surface area (Å²) in [6.45, 7) is 3.59. The molecule has 0 aliphatic carbocycles. The molecule has 1 aromatic rings. The standard InChI is InChI=1S/C10H11NO/c1-8(11-2)10(12)9-6-4-3-5-7-9/h3-7,11H,1H2,2H3. The number of ketones is 1. The van der Waals surface area contributed by atoms with E-state index in [2.05, 4.69) is 11.9 Å². The smallest absolute Gasteiger partial charge is 0.208 e. The number of carbonyl (C=O) groups excluding carboxylic acids is 1. The Bertz CT molecular complexity index is 290. The number of nitrogens with one attached hydrogen (secondary N) is 1. The second-order valence-electron chi connectivity index (χ2n) is 2.42. The van der Waals surface area contributed by atoms with E-state index in [-0.39, 0.29) is 5.78 Å². The lowest BCUT2D eigenvalue weighted by Gasteiger charge is -2.02. The molecule has 12 heavy (non-hydrogen) atoms. The van der Waals surface area contributed by atoms with Crippen molar-refractivity contribution < 1.29 is 4.79 Å². The van der Waals surface area contributed by atoms with Crippen LogP contribution >= 0.6 is 0 Å². The van der Waals surface area contributed by atoms with Crippen LogP contribution in [0.3, 0.4) is 0 Å². The summed E-state index contributed by atoms with van der Waals surface area (Å²) < 4.78 is 0. The van der Waals surface area contributed by atoms with Crippen molar-refractivity contribution in [3.05, 3.63) is 48.2 Å². The zero-order valence-corrected chi connectivity index (χ0v) is 7.00. The van der Waals surface area contributed by atoms with E-state index in [0.29, 0.717) is 11.3 Å². The van der Waals surface area contributed by atoms with Gasteiger partial charge in [-0.05, 0) is 0 Å². The second-order valence-corrected chi connectivity index (χ2v) is 2.42. The van der Waals surface area contributed by atoms with Gasteiger partial charge >= 0.3 is 0 Å². The third-order valence-electron chi connectivity index (χ3n) is 1.61. The molecule has 0 saturated heterocycles. The molecule has 1 rings (SSSR count). The third-order valence-corrected chi connectivity index (χ3v) is 1.61. The first kappa shape index (κ1) is 8.53. The highest BCUT2D eigenvalue weighted by Crippen LogP contribution is 2.03. The van der Waals surface area contributed by atoms with E-state index >= 15 is 0 Å². The molecule has 1 aromatic carbocycles. The fourth-order valence-corrected chi connectivity index (χ4v) is 0.877. The molecule has 0 aromatic heterocycles. The number of Topliss-reactive ketones (excluding diaryl/α,β-unsaturated/α-hetero) is 1. The van der Waals surface area contributed by atoms with Gasteiger partial charge in [0.05, 0.1) is 5.70 Å². The molecule has 1 N–H and O–H groups in total. The number of benzene rings is 1. The van der Waals surface area contributed by atoms with Crippen LogP contribution in [0.5, 0.6) is 0 Å². The van der Waals surface area contributed by atoms with Gasteiger partial charge in [-0.25, -0.2) is 0 Å². The number of hydrogen-bond acceptors (Lipinski definition) is 2. The van der Waals surface area contributed by atoms with Crippen LogP contribution in [0, 0.1) is 0 Å². The Kier molecular flexibility index (Phi) is 2.64. The van der Waals surface area contributed by atoms with E-state index in [1.807, 2.05) is 18.2 Å². The minimum absolute atomic E-state index is 0.0573. The number of allylic oxidation sites excluding steroid dienone is 1. The summed E-state index contributed by atoms with van der Waals surface area (Å²) in [6.07, 6.45) is 0. The number of rotatable bonds is 3. The van der Waals surface area contributed by atoms with Crippen LogP contribution in [0.1, 0.15) is 10.4 Å². The van der Waals surface area contributed by atoms with Crippen LogP contribution in [0.4, 0.5) is 0 Å². The minimum Gasteiger partial charge on any atom is -0.385 e. The highest BCUT2D eigenvalue weighted by molar-refractivity contribution is 6.07. The van der Waals surface area contributed by atoms with Gasteiger partial charge in [0, 0.05) is 12.6 Å². The maximum absolute atomic E-state index is 11.4. The molecule has 0 amide bonds. The summed E-state index contributed by atoms with van der Waals surface area (Å²) in [5.74, 6) is -0.0573. The van der Waals surface area contributed by atoms with E-state index < -0.39 is 0 Å². The van der Waals surface area contributed by atoms with Crippen LogP contribution in [0.2, 0.25) is 0 Å². The van der Waals surface area contributed by atoms with E-state index in [1.165, 1.54) is 0 Å². The van der Waals surface area contributed by atoms with Crippen molar-refractivity contribution in [3.8, 4) is 0 Å². The molecule has 0 heterocycles. The van der Waals surface area contributed by atoms with Gasteiger partial charge in [0.15, 0.2) is 0 Å². The Morgan fingerprint density at radius 1 is 1.33 bits per heavy atom. The van der Waals surface area contributed by atoms with Crippen LogP contribution in [-0.2, 0) is 0 Å². The third kappa shape index (κ3) is 1.72. The zero-order chi connectivity index (χ0) is 8.97. The van der Waals surface area contributed by atoms with Crippen molar-refractivity contribution in [2.45, 2.75) is 0 Å². The number of hydrogen-bond donors (Lipinski definition) is 1. The number of carbonyl (C=O) groups is 1. The van der Waals surface area contributed by atoms with E-state index in [9.17, 15) is 4.79 Å². The summed E-state index contributed by atoms with van der Waals surface area (Å²) in [5.41, 5.74) is 1.08. The highest BCUT2D eigenvalue weighted by Gasteiger charge is 2.06. The molecule has 0 bridgehead atoms. The molecule has 2 nitrogen and oxygen atoms in total. The second kappa shape index (κ2) is 3.72. The molecule has 0 fully saturated rings. The molecule has 0 aliphatic rings. The van der Waals surface area contributed by atoms with Crippen molar-refractivity contribution in [2.24, 2.45) is 0 Å². The molecular formula is C10H11NO. The zero-order valence-electron chi connectivity index (χ0n) is 7.00. The van der Waals surface area contributed by atoms with Gasteiger partial charge in [-0.2, -0.15) is 0 Å². The molecule has 2 heteroatoms.